The van der Waals surface area contributed by atoms with Gasteiger partial charge in [-0.15, -0.1) is 0 Å². The van der Waals surface area contributed by atoms with Crippen LogP contribution in [0, 0.1) is 5.41 Å². The van der Waals surface area contributed by atoms with Crippen LogP contribution in [0.4, 0.5) is 0 Å². The molecule has 0 aromatic rings. The summed E-state index contributed by atoms with van der Waals surface area (Å²) in [6.07, 6.45) is 2.10. The first-order valence-corrected chi connectivity index (χ1v) is 4.66. The highest BCUT2D eigenvalue weighted by molar-refractivity contribution is 5.49. The summed E-state index contributed by atoms with van der Waals surface area (Å²) >= 11 is 0. The van der Waals surface area contributed by atoms with E-state index in [1.54, 1.807) is 0 Å². The number of hydrogen-bond donors (Lipinski definition) is 1. The average molecular weight is 170 g/mol. The number of carbonyl (C=O) groups excluding carboxylic acids is 1. The van der Waals surface area contributed by atoms with Crippen LogP contribution in [0.15, 0.2) is 0 Å². The molecule has 12 heavy (non-hydrogen) atoms. The van der Waals surface area contributed by atoms with Gasteiger partial charge in [0.1, 0.15) is 0 Å². The second-order valence-electron chi connectivity index (χ2n) is 3.64. The molecule has 1 amide bonds. The highest BCUT2D eigenvalue weighted by Crippen LogP contribution is 2.31. The van der Waals surface area contributed by atoms with Crippen molar-refractivity contribution < 1.29 is 4.79 Å². The zero-order chi connectivity index (χ0) is 9.03. The summed E-state index contributed by atoms with van der Waals surface area (Å²) in [6, 6.07) is 0. The minimum atomic E-state index is 0.372. The fourth-order valence-corrected chi connectivity index (χ4v) is 1.74. The Morgan fingerprint density at radius 1 is 1.50 bits per heavy atom. The van der Waals surface area contributed by atoms with Crippen LogP contribution in [0.3, 0.4) is 0 Å². The molecule has 3 heteroatoms. The standard InChI is InChI=1S/C9H18N2O/c1-3-9(5-10-4-2)6-11(7-9)8-12/h8,10H,3-7H2,1-2H3. The third-order valence-corrected chi connectivity index (χ3v) is 2.73. The molecule has 1 aliphatic rings. The largest absolute Gasteiger partial charge is 0.344 e. The Labute approximate surface area is 74.1 Å². The molecule has 1 heterocycles. The van der Waals surface area contributed by atoms with Gasteiger partial charge >= 0.3 is 0 Å². The van der Waals surface area contributed by atoms with Gasteiger partial charge in [-0.25, -0.2) is 0 Å². The lowest BCUT2D eigenvalue weighted by molar-refractivity contribution is -0.129. The van der Waals surface area contributed by atoms with Gasteiger partial charge in [-0.1, -0.05) is 13.8 Å². The maximum Gasteiger partial charge on any atom is 0.209 e. The Balaban J connectivity index is 2.30. The number of hydrogen-bond acceptors (Lipinski definition) is 2. The van der Waals surface area contributed by atoms with Crippen LogP contribution in [0.1, 0.15) is 20.3 Å². The third kappa shape index (κ3) is 1.78. The van der Waals surface area contributed by atoms with Crippen molar-refractivity contribution >= 4 is 6.41 Å². The average Bonchev–Trinajstić information content (AvgIpc) is 2.04. The molecule has 1 aliphatic heterocycles. The summed E-state index contributed by atoms with van der Waals surface area (Å²) in [5.74, 6) is 0. The Morgan fingerprint density at radius 3 is 2.58 bits per heavy atom. The van der Waals surface area contributed by atoms with Crippen LogP contribution in [0.2, 0.25) is 0 Å². The van der Waals surface area contributed by atoms with Crippen molar-refractivity contribution in [3.8, 4) is 0 Å². The van der Waals surface area contributed by atoms with Gasteiger partial charge in [0.05, 0.1) is 0 Å². The van der Waals surface area contributed by atoms with Crippen molar-refractivity contribution in [2.24, 2.45) is 5.41 Å². The number of carbonyl (C=O) groups is 1. The quantitative estimate of drug-likeness (QED) is 0.608. The van der Waals surface area contributed by atoms with Gasteiger partial charge in [-0.05, 0) is 13.0 Å². The van der Waals surface area contributed by atoms with Gasteiger partial charge < -0.3 is 10.2 Å². The van der Waals surface area contributed by atoms with Crippen LogP contribution < -0.4 is 5.32 Å². The summed E-state index contributed by atoms with van der Waals surface area (Å²) in [5, 5.41) is 3.34. The van der Waals surface area contributed by atoms with Crippen molar-refractivity contribution in [2.45, 2.75) is 20.3 Å². The first-order valence-electron chi connectivity index (χ1n) is 4.66. The lowest BCUT2D eigenvalue weighted by Gasteiger charge is -2.48. The molecular formula is C9H18N2O. The molecule has 0 atom stereocenters. The molecule has 70 valence electrons. The monoisotopic (exact) mass is 170 g/mol. The van der Waals surface area contributed by atoms with E-state index in [4.69, 9.17) is 0 Å². The van der Waals surface area contributed by atoms with E-state index in [1.807, 2.05) is 4.90 Å². The van der Waals surface area contributed by atoms with Crippen molar-refractivity contribution in [3.05, 3.63) is 0 Å². The van der Waals surface area contributed by atoms with Crippen molar-refractivity contribution in [3.63, 3.8) is 0 Å². The normalized spacial score (nSPS) is 20.3. The zero-order valence-electron chi connectivity index (χ0n) is 7.97. The number of rotatable bonds is 5. The Morgan fingerprint density at radius 2 is 2.17 bits per heavy atom. The molecule has 0 spiro atoms. The molecule has 0 aromatic carbocycles. The number of nitrogens with one attached hydrogen (secondary N) is 1. The molecule has 0 aromatic heterocycles. The number of amides is 1. The summed E-state index contributed by atoms with van der Waals surface area (Å²) < 4.78 is 0. The molecule has 1 rings (SSSR count). The molecule has 3 nitrogen and oxygen atoms in total. The van der Waals surface area contributed by atoms with Crippen LogP contribution in [0.5, 0.6) is 0 Å². The molecule has 0 bridgehead atoms. The minimum Gasteiger partial charge on any atom is -0.344 e. The van der Waals surface area contributed by atoms with Gasteiger partial charge in [-0.3, -0.25) is 4.79 Å². The van der Waals surface area contributed by atoms with Crippen LogP contribution in [-0.4, -0.2) is 37.5 Å². The van der Waals surface area contributed by atoms with E-state index in [2.05, 4.69) is 19.2 Å². The lowest BCUT2D eigenvalue weighted by Crippen LogP contribution is -2.59. The minimum absolute atomic E-state index is 0.372. The second kappa shape index (κ2) is 3.90. The smallest absolute Gasteiger partial charge is 0.209 e. The van der Waals surface area contributed by atoms with E-state index in [0.717, 1.165) is 39.0 Å². The van der Waals surface area contributed by atoms with E-state index in [0.29, 0.717) is 5.41 Å². The van der Waals surface area contributed by atoms with E-state index in [-0.39, 0.29) is 0 Å². The summed E-state index contributed by atoms with van der Waals surface area (Å²) in [5.41, 5.74) is 0.372. The molecular weight excluding hydrogens is 152 g/mol. The number of nitrogens with zero attached hydrogens (tertiary/aromatic N) is 1. The number of likely N-dealkylation sites (tertiary alicyclic amines) is 1. The molecule has 1 saturated heterocycles. The van der Waals surface area contributed by atoms with E-state index in [1.165, 1.54) is 0 Å². The predicted molar refractivity (Wildman–Crippen MR) is 48.9 cm³/mol. The maximum absolute atomic E-state index is 10.4. The van der Waals surface area contributed by atoms with Gasteiger partial charge in [0.25, 0.3) is 0 Å². The van der Waals surface area contributed by atoms with Gasteiger partial charge in [0.2, 0.25) is 6.41 Å². The highest BCUT2D eigenvalue weighted by atomic mass is 16.1. The van der Waals surface area contributed by atoms with Crippen LogP contribution in [0.25, 0.3) is 0 Å². The topological polar surface area (TPSA) is 32.3 Å². The molecule has 0 radical (unpaired) electrons. The first-order chi connectivity index (χ1) is 5.76. The molecule has 0 unspecified atom stereocenters. The predicted octanol–water partition coefficient (Wildman–Crippen LogP) is 0.464. The Kier molecular flexibility index (Phi) is 3.09. The second-order valence-corrected chi connectivity index (χ2v) is 3.64. The van der Waals surface area contributed by atoms with Gasteiger partial charge in [0.15, 0.2) is 0 Å². The fourth-order valence-electron chi connectivity index (χ4n) is 1.74. The van der Waals surface area contributed by atoms with Crippen LogP contribution in [-0.2, 0) is 4.79 Å². The molecule has 0 aliphatic carbocycles. The SMILES string of the molecule is CCNCC1(CC)CN(C=O)C1. The maximum atomic E-state index is 10.4. The fraction of sp³-hybridized carbons (Fsp3) is 0.889. The van der Waals surface area contributed by atoms with Crippen molar-refractivity contribution in [1.29, 1.82) is 0 Å². The van der Waals surface area contributed by atoms with E-state index in [9.17, 15) is 4.79 Å². The summed E-state index contributed by atoms with van der Waals surface area (Å²) in [6.45, 7) is 8.23. The van der Waals surface area contributed by atoms with Gasteiger partial charge in [0, 0.05) is 25.0 Å². The van der Waals surface area contributed by atoms with Crippen LogP contribution >= 0.6 is 0 Å². The third-order valence-electron chi connectivity index (χ3n) is 2.73. The Bertz CT molecular complexity index is 153. The first kappa shape index (κ1) is 9.52. The van der Waals surface area contributed by atoms with E-state index < -0.39 is 0 Å². The highest BCUT2D eigenvalue weighted by Gasteiger charge is 2.40. The van der Waals surface area contributed by atoms with E-state index >= 15 is 0 Å². The zero-order valence-corrected chi connectivity index (χ0v) is 7.97. The van der Waals surface area contributed by atoms with Crippen molar-refractivity contribution in [2.75, 3.05) is 26.2 Å². The Hall–Kier alpha value is -0.570. The summed E-state index contributed by atoms with van der Waals surface area (Å²) in [7, 11) is 0. The molecule has 0 saturated carbocycles. The summed E-state index contributed by atoms with van der Waals surface area (Å²) in [4.78, 5) is 12.2. The molecule has 1 N–H and O–H groups in total. The van der Waals surface area contributed by atoms with Gasteiger partial charge in [-0.2, -0.15) is 0 Å². The molecule has 1 fully saturated rings. The lowest BCUT2D eigenvalue weighted by atomic mass is 9.77. The van der Waals surface area contributed by atoms with Crippen molar-refractivity contribution in [1.82, 2.24) is 10.2 Å².